The van der Waals surface area contributed by atoms with Crippen molar-refractivity contribution in [2.75, 3.05) is 6.54 Å². The minimum atomic E-state index is -0.375. The topological polar surface area (TPSA) is 68.0 Å². The highest BCUT2D eigenvalue weighted by Crippen LogP contribution is 2.16. The lowest BCUT2D eigenvalue weighted by Crippen LogP contribution is -2.41. The van der Waals surface area contributed by atoms with Crippen molar-refractivity contribution in [2.24, 2.45) is 5.73 Å². The van der Waals surface area contributed by atoms with Gasteiger partial charge in [-0.2, -0.15) is 0 Å². The van der Waals surface area contributed by atoms with E-state index in [0.29, 0.717) is 6.54 Å². The maximum atomic E-state index is 11.5. The zero-order valence-corrected chi connectivity index (χ0v) is 12.8. The Morgan fingerprint density at radius 1 is 1.50 bits per heavy atom. The van der Waals surface area contributed by atoms with Gasteiger partial charge in [-0.3, -0.25) is 4.79 Å². The average molecular weight is 292 g/mol. The molecule has 1 atom stereocenters. The molecule has 0 radical (unpaired) electrons. The summed E-state index contributed by atoms with van der Waals surface area (Å²) < 4.78 is 0. The summed E-state index contributed by atoms with van der Waals surface area (Å²) in [6, 6.07) is -0.375. The van der Waals surface area contributed by atoms with Crippen molar-refractivity contribution in [3.8, 4) is 0 Å². The summed E-state index contributed by atoms with van der Waals surface area (Å²) in [6.45, 7) is 6.70. The van der Waals surface area contributed by atoms with Crippen molar-refractivity contribution in [2.45, 2.75) is 46.1 Å². The summed E-state index contributed by atoms with van der Waals surface area (Å²) in [4.78, 5) is 17.2. The van der Waals surface area contributed by atoms with E-state index in [2.05, 4.69) is 17.2 Å². The Hall–Kier alpha value is -0.650. The normalized spacial score (nSPS) is 11.8. The molecule has 104 valence electrons. The van der Waals surface area contributed by atoms with Gasteiger partial charge < -0.3 is 11.1 Å². The van der Waals surface area contributed by atoms with Gasteiger partial charge in [0.05, 0.1) is 16.7 Å². The second-order valence-corrected chi connectivity index (χ2v) is 5.47. The van der Waals surface area contributed by atoms with Gasteiger partial charge in [0, 0.05) is 17.8 Å². The molecule has 1 heterocycles. The minimum absolute atomic E-state index is 0. The molecule has 1 amide bonds. The van der Waals surface area contributed by atoms with Crippen LogP contribution in [0.4, 0.5) is 0 Å². The first-order chi connectivity index (χ1) is 8.04. The van der Waals surface area contributed by atoms with Crippen LogP contribution in [-0.4, -0.2) is 23.5 Å². The number of halogens is 1. The molecule has 4 nitrogen and oxygen atoms in total. The van der Waals surface area contributed by atoms with Crippen molar-refractivity contribution in [1.29, 1.82) is 0 Å². The Kier molecular flexibility index (Phi) is 8.15. The van der Waals surface area contributed by atoms with Gasteiger partial charge in [0.15, 0.2) is 0 Å². The summed E-state index contributed by atoms with van der Waals surface area (Å²) in [6.07, 6.45) is 2.45. The lowest BCUT2D eigenvalue weighted by Gasteiger charge is -2.10. The summed E-state index contributed by atoms with van der Waals surface area (Å²) >= 11 is 1.69. The molecule has 0 saturated carbocycles. The fraction of sp³-hybridized carbons (Fsp3) is 0.667. The predicted octanol–water partition coefficient (Wildman–Crippen LogP) is 1.97. The Balaban J connectivity index is 0.00000289. The molecule has 0 aromatic carbocycles. The van der Waals surface area contributed by atoms with Crippen molar-refractivity contribution in [1.82, 2.24) is 10.3 Å². The van der Waals surface area contributed by atoms with Crippen molar-refractivity contribution in [3.05, 3.63) is 15.6 Å². The van der Waals surface area contributed by atoms with E-state index in [1.54, 1.807) is 11.3 Å². The highest BCUT2D eigenvalue weighted by atomic mass is 35.5. The number of hydrogen-bond acceptors (Lipinski definition) is 4. The van der Waals surface area contributed by atoms with E-state index < -0.39 is 0 Å². The minimum Gasteiger partial charge on any atom is -0.354 e. The number of aromatic nitrogens is 1. The maximum absolute atomic E-state index is 11.5. The van der Waals surface area contributed by atoms with Crippen LogP contribution in [0.15, 0.2) is 0 Å². The molecule has 0 bridgehead atoms. The van der Waals surface area contributed by atoms with Crippen LogP contribution in [0.1, 0.15) is 35.3 Å². The summed E-state index contributed by atoms with van der Waals surface area (Å²) in [7, 11) is 0. The zero-order valence-electron chi connectivity index (χ0n) is 11.2. The van der Waals surface area contributed by atoms with E-state index in [-0.39, 0.29) is 24.4 Å². The third-order valence-corrected chi connectivity index (χ3v) is 3.78. The molecule has 1 unspecified atom stereocenters. The molecule has 0 spiro atoms. The smallest absolute Gasteiger partial charge is 0.236 e. The first-order valence-corrected chi connectivity index (χ1v) is 6.82. The van der Waals surface area contributed by atoms with Gasteiger partial charge in [-0.1, -0.05) is 13.3 Å². The first kappa shape index (κ1) is 17.4. The molecular formula is C12H22ClN3OS. The van der Waals surface area contributed by atoms with E-state index >= 15 is 0 Å². The number of rotatable bonds is 6. The van der Waals surface area contributed by atoms with E-state index in [1.165, 1.54) is 4.88 Å². The van der Waals surface area contributed by atoms with Crippen LogP contribution in [0, 0.1) is 13.8 Å². The van der Waals surface area contributed by atoms with E-state index in [4.69, 9.17) is 5.73 Å². The van der Waals surface area contributed by atoms with Gasteiger partial charge in [0.2, 0.25) is 5.91 Å². The van der Waals surface area contributed by atoms with Gasteiger partial charge in [-0.15, -0.1) is 23.7 Å². The quantitative estimate of drug-likeness (QED) is 0.842. The zero-order chi connectivity index (χ0) is 12.8. The van der Waals surface area contributed by atoms with E-state index in [0.717, 1.165) is 30.0 Å². The van der Waals surface area contributed by atoms with Crippen LogP contribution in [0.3, 0.4) is 0 Å². The number of nitrogens with one attached hydrogen (secondary N) is 1. The van der Waals surface area contributed by atoms with Crippen LogP contribution >= 0.6 is 23.7 Å². The molecule has 0 aliphatic rings. The number of hydrogen-bond donors (Lipinski definition) is 2. The van der Waals surface area contributed by atoms with Gasteiger partial charge >= 0.3 is 0 Å². The number of aryl methyl sites for hydroxylation is 2. The molecule has 3 N–H and O–H groups in total. The SMILES string of the molecule is CCCC(N)C(=O)NCCc1nc(C)c(C)s1.Cl. The molecule has 1 aromatic rings. The number of nitrogens with zero attached hydrogens (tertiary/aromatic N) is 1. The maximum Gasteiger partial charge on any atom is 0.236 e. The van der Waals surface area contributed by atoms with Gasteiger partial charge in [-0.25, -0.2) is 4.98 Å². The number of amides is 1. The van der Waals surface area contributed by atoms with Gasteiger partial charge in [0.1, 0.15) is 0 Å². The van der Waals surface area contributed by atoms with E-state index in [1.807, 2.05) is 13.8 Å². The molecule has 18 heavy (non-hydrogen) atoms. The largest absolute Gasteiger partial charge is 0.354 e. The highest BCUT2D eigenvalue weighted by molar-refractivity contribution is 7.11. The molecule has 0 fully saturated rings. The van der Waals surface area contributed by atoms with Crippen molar-refractivity contribution < 1.29 is 4.79 Å². The number of carbonyl (C=O) groups excluding carboxylic acids is 1. The summed E-state index contributed by atoms with van der Waals surface area (Å²) in [5.74, 6) is -0.0585. The third kappa shape index (κ3) is 5.33. The second kappa shape index (κ2) is 8.45. The van der Waals surface area contributed by atoms with Crippen molar-refractivity contribution >= 4 is 29.7 Å². The van der Waals surface area contributed by atoms with Crippen LogP contribution in [0.25, 0.3) is 0 Å². The number of carbonyl (C=O) groups is 1. The van der Waals surface area contributed by atoms with E-state index in [9.17, 15) is 4.79 Å². The Labute approximate surface area is 119 Å². The van der Waals surface area contributed by atoms with Crippen LogP contribution in [0.5, 0.6) is 0 Å². The molecular weight excluding hydrogens is 270 g/mol. The summed E-state index contributed by atoms with van der Waals surface area (Å²) in [5, 5.41) is 3.92. The van der Waals surface area contributed by atoms with Gasteiger partial charge in [0.25, 0.3) is 0 Å². The molecule has 6 heteroatoms. The Morgan fingerprint density at radius 3 is 2.67 bits per heavy atom. The van der Waals surface area contributed by atoms with Crippen LogP contribution in [0.2, 0.25) is 0 Å². The monoisotopic (exact) mass is 291 g/mol. The van der Waals surface area contributed by atoms with Gasteiger partial charge in [-0.05, 0) is 20.3 Å². The molecule has 1 rings (SSSR count). The second-order valence-electron chi connectivity index (χ2n) is 4.19. The van der Waals surface area contributed by atoms with Crippen LogP contribution < -0.4 is 11.1 Å². The average Bonchev–Trinajstić information content (AvgIpc) is 2.58. The fourth-order valence-electron chi connectivity index (χ4n) is 1.51. The van der Waals surface area contributed by atoms with Crippen molar-refractivity contribution in [3.63, 3.8) is 0 Å². The highest BCUT2D eigenvalue weighted by Gasteiger charge is 2.11. The first-order valence-electron chi connectivity index (χ1n) is 6.00. The third-order valence-electron chi connectivity index (χ3n) is 2.65. The standard InChI is InChI=1S/C12H21N3OS.ClH/c1-4-5-10(13)12(16)14-7-6-11-15-8(2)9(3)17-11;/h10H,4-7,13H2,1-3H3,(H,14,16);1H. The lowest BCUT2D eigenvalue weighted by molar-refractivity contribution is -0.122. The Morgan fingerprint density at radius 2 is 2.17 bits per heavy atom. The number of nitrogens with two attached hydrogens (primary N) is 1. The molecule has 1 aromatic heterocycles. The predicted molar refractivity (Wildman–Crippen MR) is 78.4 cm³/mol. The molecule has 0 aliphatic carbocycles. The molecule has 0 aliphatic heterocycles. The number of thiazole rings is 1. The Bertz CT molecular complexity index is 362. The fourth-order valence-corrected chi connectivity index (χ4v) is 2.45. The lowest BCUT2D eigenvalue weighted by atomic mass is 10.2. The molecule has 0 saturated heterocycles. The summed E-state index contributed by atoms with van der Waals surface area (Å²) in [5.41, 5.74) is 6.79. The van der Waals surface area contributed by atoms with Crippen LogP contribution in [-0.2, 0) is 11.2 Å².